The van der Waals surface area contributed by atoms with Gasteiger partial charge in [-0.2, -0.15) is 9.78 Å². The van der Waals surface area contributed by atoms with Crippen molar-refractivity contribution in [3.8, 4) is 5.95 Å². The van der Waals surface area contributed by atoms with Gasteiger partial charge in [-0.3, -0.25) is 0 Å². The van der Waals surface area contributed by atoms with Crippen molar-refractivity contribution in [1.29, 1.82) is 0 Å². The van der Waals surface area contributed by atoms with Gasteiger partial charge in [0.05, 0.1) is 5.69 Å². The van der Waals surface area contributed by atoms with Gasteiger partial charge >= 0.3 is 0 Å². The fourth-order valence-electron chi connectivity index (χ4n) is 1.39. The first-order chi connectivity index (χ1) is 7.24. The van der Waals surface area contributed by atoms with Crippen LogP contribution < -0.4 is 0 Å². The minimum Gasteiger partial charge on any atom is -0.220 e. The molecule has 0 fully saturated rings. The van der Waals surface area contributed by atoms with Gasteiger partial charge in [0.25, 0.3) is 5.95 Å². The first-order valence-corrected chi connectivity index (χ1v) is 5.13. The monoisotopic (exact) mass is 222 g/mol. The average molecular weight is 223 g/mol. The van der Waals surface area contributed by atoms with Crippen molar-refractivity contribution in [3.63, 3.8) is 0 Å². The summed E-state index contributed by atoms with van der Waals surface area (Å²) in [5.74, 6) is 0.505. The van der Waals surface area contributed by atoms with E-state index in [9.17, 15) is 0 Å². The van der Waals surface area contributed by atoms with Gasteiger partial charge in [0.2, 0.25) is 0 Å². The van der Waals surface area contributed by atoms with Crippen LogP contribution in [0, 0.1) is 6.92 Å². The molecule has 2 heterocycles. The molecule has 0 bridgehead atoms. The molecule has 4 nitrogen and oxygen atoms in total. The molecule has 0 aliphatic carbocycles. The summed E-state index contributed by atoms with van der Waals surface area (Å²) in [4.78, 5) is 8.21. The standard InChI is InChI=1S/C10H11ClN4/c1-3-8-7(2)9(11)15(14-8)10-12-5-4-6-13-10/h4-6H,3H2,1-2H3. The Hall–Kier alpha value is -1.42. The normalized spacial score (nSPS) is 10.6. The molecule has 5 heteroatoms. The quantitative estimate of drug-likeness (QED) is 0.783. The van der Waals surface area contributed by atoms with Gasteiger partial charge in [-0.05, 0) is 19.4 Å². The third-order valence-corrected chi connectivity index (χ3v) is 2.67. The minimum absolute atomic E-state index is 0.505. The summed E-state index contributed by atoms with van der Waals surface area (Å²) in [6.45, 7) is 4.00. The Labute approximate surface area is 92.9 Å². The average Bonchev–Trinajstić information content (AvgIpc) is 2.57. The third-order valence-electron chi connectivity index (χ3n) is 2.23. The number of nitrogens with zero attached hydrogens (tertiary/aromatic N) is 4. The van der Waals surface area contributed by atoms with Crippen LogP contribution in [-0.2, 0) is 6.42 Å². The molecule has 0 radical (unpaired) electrons. The van der Waals surface area contributed by atoms with Crippen LogP contribution in [0.2, 0.25) is 5.15 Å². The summed E-state index contributed by atoms with van der Waals surface area (Å²) in [5, 5.41) is 4.94. The van der Waals surface area contributed by atoms with Crippen molar-refractivity contribution >= 4 is 11.6 Å². The molecule has 2 rings (SSSR count). The smallest absolute Gasteiger partial charge is 0.220 e. The number of rotatable bonds is 2. The molecule has 0 unspecified atom stereocenters. The molecule has 2 aromatic heterocycles. The van der Waals surface area contributed by atoms with Crippen molar-refractivity contribution in [2.45, 2.75) is 20.3 Å². The zero-order chi connectivity index (χ0) is 10.8. The molecule has 0 atom stereocenters. The van der Waals surface area contributed by atoms with Crippen LogP contribution in [0.1, 0.15) is 18.2 Å². The topological polar surface area (TPSA) is 43.6 Å². The lowest BCUT2D eigenvalue weighted by atomic mass is 10.2. The lowest BCUT2D eigenvalue weighted by Gasteiger charge is -1.98. The number of aryl methyl sites for hydroxylation is 1. The maximum Gasteiger partial charge on any atom is 0.251 e. The molecule has 0 aliphatic rings. The zero-order valence-corrected chi connectivity index (χ0v) is 9.36. The van der Waals surface area contributed by atoms with Gasteiger partial charge in [-0.1, -0.05) is 18.5 Å². The highest BCUT2D eigenvalue weighted by atomic mass is 35.5. The molecule has 78 valence electrons. The molecule has 0 aromatic carbocycles. The second-order valence-corrected chi connectivity index (χ2v) is 3.53. The maximum atomic E-state index is 6.15. The van der Waals surface area contributed by atoms with Crippen molar-refractivity contribution in [2.24, 2.45) is 0 Å². The second-order valence-electron chi connectivity index (χ2n) is 3.18. The number of halogens is 1. The largest absolute Gasteiger partial charge is 0.251 e. The van der Waals surface area contributed by atoms with E-state index < -0.39 is 0 Å². The molecular formula is C10H11ClN4. The molecule has 0 saturated heterocycles. The van der Waals surface area contributed by atoms with E-state index in [1.54, 1.807) is 23.1 Å². The molecule has 0 amide bonds. The van der Waals surface area contributed by atoms with Crippen LogP contribution in [0.5, 0.6) is 0 Å². The Morgan fingerprint density at radius 3 is 2.53 bits per heavy atom. The second kappa shape index (κ2) is 3.98. The van der Waals surface area contributed by atoms with Gasteiger partial charge in [-0.25, -0.2) is 9.97 Å². The summed E-state index contributed by atoms with van der Waals surface area (Å²) < 4.78 is 1.57. The summed E-state index contributed by atoms with van der Waals surface area (Å²) in [6.07, 6.45) is 4.19. The van der Waals surface area contributed by atoms with Crippen molar-refractivity contribution in [2.75, 3.05) is 0 Å². The fourth-order valence-corrected chi connectivity index (χ4v) is 1.61. The Balaban J connectivity index is 2.55. The van der Waals surface area contributed by atoms with E-state index in [2.05, 4.69) is 15.1 Å². The number of hydrogen-bond donors (Lipinski definition) is 0. The Kier molecular flexibility index (Phi) is 2.68. The Morgan fingerprint density at radius 1 is 1.33 bits per heavy atom. The lowest BCUT2D eigenvalue weighted by Crippen LogP contribution is -2.02. The van der Waals surface area contributed by atoms with E-state index in [1.165, 1.54) is 0 Å². The molecule has 15 heavy (non-hydrogen) atoms. The van der Waals surface area contributed by atoms with Gasteiger partial charge in [0.1, 0.15) is 5.15 Å². The lowest BCUT2D eigenvalue weighted by molar-refractivity contribution is 0.785. The van der Waals surface area contributed by atoms with E-state index in [4.69, 9.17) is 11.6 Å². The predicted molar refractivity (Wildman–Crippen MR) is 58.3 cm³/mol. The van der Waals surface area contributed by atoms with E-state index >= 15 is 0 Å². The van der Waals surface area contributed by atoms with Crippen LogP contribution >= 0.6 is 11.6 Å². The highest BCUT2D eigenvalue weighted by molar-refractivity contribution is 6.30. The Morgan fingerprint density at radius 2 is 2.00 bits per heavy atom. The summed E-state index contributed by atoms with van der Waals surface area (Å²) >= 11 is 6.15. The summed E-state index contributed by atoms with van der Waals surface area (Å²) in [6, 6.07) is 1.76. The number of hydrogen-bond acceptors (Lipinski definition) is 3. The highest BCUT2D eigenvalue weighted by Crippen LogP contribution is 2.21. The van der Waals surface area contributed by atoms with Crippen molar-refractivity contribution in [3.05, 3.63) is 34.9 Å². The van der Waals surface area contributed by atoms with Crippen LogP contribution in [-0.4, -0.2) is 19.7 Å². The van der Waals surface area contributed by atoms with Gasteiger partial charge in [0.15, 0.2) is 0 Å². The molecule has 0 N–H and O–H groups in total. The highest BCUT2D eigenvalue weighted by Gasteiger charge is 2.13. The fraction of sp³-hybridized carbons (Fsp3) is 0.300. The van der Waals surface area contributed by atoms with Crippen LogP contribution in [0.25, 0.3) is 5.95 Å². The SMILES string of the molecule is CCc1nn(-c2ncccn2)c(Cl)c1C. The zero-order valence-electron chi connectivity index (χ0n) is 8.61. The van der Waals surface area contributed by atoms with Gasteiger partial charge in [-0.15, -0.1) is 0 Å². The van der Waals surface area contributed by atoms with E-state index in [1.807, 2.05) is 13.8 Å². The number of aromatic nitrogens is 4. The third kappa shape index (κ3) is 1.72. The maximum absolute atomic E-state index is 6.15. The van der Waals surface area contributed by atoms with Gasteiger partial charge < -0.3 is 0 Å². The summed E-state index contributed by atoms with van der Waals surface area (Å²) in [5.41, 5.74) is 1.97. The van der Waals surface area contributed by atoms with Crippen molar-refractivity contribution < 1.29 is 0 Å². The minimum atomic E-state index is 0.505. The van der Waals surface area contributed by atoms with E-state index in [0.717, 1.165) is 17.7 Å². The van der Waals surface area contributed by atoms with Crippen molar-refractivity contribution in [1.82, 2.24) is 19.7 Å². The van der Waals surface area contributed by atoms with Crippen LogP contribution in [0.4, 0.5) is 0 Å². The molecule has 0 saturated carbocycles. The predicted octanol–water partition coefficient (Wildman–Crippen LogP) is 2.19. The first-order valence-electron chi connectivity index (χ1n) is 4.75. The molecular weight excluding hydrogens is 212 g/mol. The van der Waals surface area contributed by atoms with E-state index in [0.29, 0.717) is 11.1 Å². The first kappa shape index (κ1) is 10.1. The molecule has 0 aliphatic heterocycles. The summed E-state index contributed by atoms with van der Waals surface area (Å²) in [7, 11) is 0. The molecule has 0 spiro atoms. The van der Waals surface area contributed by atoms with Gasteiger partial charge in [0, 0.05) is 18.0 Å². The van der Waals surface area contributed by atoms with E-state index in [-0.39, 0.29) is 0 Å². The van der Waals surface area contributed by atoms with Crippen LogP contribution in [0.3, 0.4) is 0 Å². The Bertz CT molecular complexity index is 464. The molecule has 2 aromatic rings. The van der Waals surface area contributed by atoms with Crippen LogP contribution in [0.15, 0.2) is 18.5 Å².